The van der Waals surface area contributed by atoms with E-state index < -0.39 is 6.43 Å². The summed E-state index contributed by atoms with van der Waals surface area (Å²) in [6.45, 7) is 4.71. The van der Waals surface area contributed by atoms with Crippen molar-refractivity contribution in [1.82, 2.24) is 15.2 Å². The average Bonchev–Trinajstić information content (AvgIpc) is 2.70. The standard InChI is InChI=1S/C21H22F2N4O2/c1-21(2)7-5-13(11-29-21)25-20-16-10-24-8-6-14(16)18(26-27-20)15-4-3-12(19(22)23)9-17(15)28/h3-4,6,8-10,13,19,28H,5,7,11H2,1-2H3,(H,25,27). The maximum atomic E-state index is 12.9. The monoisotopic (exact) mass is 400 g/mol. The topological polar surface area (TPSA) is 80.2 Å². The first-order valence-electron chi connectivity index (χ1n) is 9.46. The highest BCUT2D eigenvalue weighted by Crippen LogP contribution is 2.36. The van der Waals surface area contributed by atoms with E-state index >= 15 is 0 Å². The quantitative estimate of drug-likeness (QED) is 0.661. The van der Waals surface area contributed by atoms with E-state index in [1.165, 1.54) is 12.1 Å². The Balaban J connectivity index is 1.69. The maximum absolute atomic E-state index is 12.9. The number of benzene rings is 1. The molecular weight excluding hydrogens is 378 g/mol. The Morgan fingerprint density at radius 2 is 2.03 bits per heavy atom. The number of ether oxygens (including phenoxy) is 1. The molecule has 29 heavy (non-hydrogen) atoms. The zero-order valence-electron chi connectivity index (χ0n) is 16.2. The molecule has 2 aromatic heterocycles. The number of phenols is 1. The molecule has 3 aromatic rings. The minimum Gasteiger partial charge on any atom is -0.507 e. The minimum absolute atomic E-state index is 0.102. The molecule has 1 unspecified atom stereocenters. The van der Waals surface area contributed by atoms with Crippen LogP contribution in [0.1, 0.15) is 38.7 Å². The van der Waals surface area contributed by atoms with Gasteiger partial charge in [-0.1, -0.05) is 6.07 Å². The molecule has 0 saturated carbocycles. The first kappa shape index (κ1) is 19.4. The van der Waals surface area contributed by atoms with Gasteiger partial charge in [0.05, 0.1) is 18.2 Å². The zero-order valence-corrected chi connectivity index (χ0v) is 16.2. The fourth-order valence-electron chi connectivity index (χ4n) is 3.50. The molecule has 1 aliphatic heterocycles. The van der Waals surface area contributed by atoms with E-state index in [1.54, 1.807) is 18.5 Å². The molecule has 1 saturated heterocycles. The summed E-state index contributed by atoms with van der Waals surface area (Å²) in [6.07, 6.45) is 2.50. The number of fused-ring (bicyclic) bond motifs is 1. The Bertz CT molecular complexity index is 1030. The lowest BCUT2D eigenvalue weighted by Crippen LogP contribution is -2.40. The molecule has 2 N–H and O–H groups in total. The van der Waals surface area contributed by atoms with Crippen LogP contribution in [0, 0.1) is 0 Å². The van der Waals surface area contributed by atoms with E-state index in [2.05, 4.69) is 34.3 Å². The molecule has 3 heterocycles. The van der Waals surface area contributed by atoms with Crippen LogP contribution in [0.2, 0.25) is 0 Å². The number of phenolic OH excluding ortho intramolecular Hbond substituents is 1. The fourth-order valence-corrected chi connectivity index (χ4v) is 3.50. The van der Waals surface area contributed by atoms with Gasteiger partial charge in [-0.15, -0.1) is 10.2 Å². The molecule has 1 aromatic carbocycles. The molecule has 6 nitrogen and oxygen atoms in total. The molecule has 1 atom stereocenters. The van der Waals surface area contributed by atoms with Crippen molar-refractivity contribution in [2.45, 2.75) is 44.8 Å². The minimum atomic E-state index is -2.66. The zero-order chi connectivity index (χ0) is 20.6. The number of rotatable bonds is 4. The summed E-state index contributed by atoms with van der Waals surface area (Å²) in [4.78, 5) is 4.18. The Morgan fingerprint density at radius 3 is 2.72 bits per heavy atom. The first-order valence-corrected chi connectivity index (χ1v) is 9.46. The van der Waals surface area contributed by atoms with Crippen molar-refractivity contribution in [3.05, 3.63) is 42.2 Å². The second kappa shape index (κ2) is 7.51. The van der Waals surface area contributed by atoms with Crippen LogP contribution in [0.3, 0.4) is 0 Å². The van der Waals surface area contributed by atoms with E-state index in [0.717, 1.165) is 29.7 Å². The number of pyridine rings is 1. The van der Waals surface area contributed by atoms with Crippen LogP contribution in [-0.2, 0) is 4.74 Å². The van der Waals surface area contributed by atoms with Crippen LogP contribution in [-0.4, -0.2) is 38.5 Å². The molecule has 0 amide bonds. The first-order chi connectivity index (χ1) is 13.8. The molecular formula is C21H22F2N4O2. The van der Waals surface area contributed by atoms with Crippen LogP contribution in [0.4, 0.5) is 14.6 Å². The molecule has 0 aliphatic carbocycles. The van der Waals surface area contributed by atoms with Crippen molar-refractivity contribution in [1.29, 1.82) is 0 Å². The number of anilines is 1. The molecule has 152 valence electrons. The Morgan fingerprint density at radius 1 is 1.21 bits per heavy atom. The number of aromatic hydroxyl groups is 1. The van der Waals surface area contributed by atoms with Crippen molar-refractivity contribution in [2.75, 3.05) is 11.9 Å². The Hall–Kier alpha value is -2.87. The van der Waals surface area contributed by atoms with Crippen LogP contribution < -0.4 is 5.32 Å². The summed E-state index contributed by atoms with van der Waals surface area (Å²) in [5.74, 6) is 0.313. The molecule has 8 heteroatoms. The van der Waals surface area contributed by atoms with Crippen molar-refractivity contribution in [3.63, 3.8) is 0 Å². The van der Waals surface area contributed by atoms with Gasteiger partial charge in [0.25, 0.3) is 6.43 Å². The SMILES string of the molecule is CC1(C)CCC(Nc2nnc(-c3ccc(C(F)F)cc3O)c3ccncc23)CO1. The molecule has 4 rings (SSSR count). The molecule has 0 spiro atoms. The largest absolute Gasteiger partial charge is 0.507 e. The number of nitrogens with zero attached hydrogens (tertiary/aromatic N) is 3. The van der Waals surface area contributed by atoms with Gasteiger partial charge >= 0.3 is 0 Å². The van der Waals surface area contributed by atoms with E-state index in [0.29, 0.717) is 23.7 Å². The average molecular weight is 400 g/mol. The maximum Gasteiger partial charge on any atom is 0.263 e. The van der Waals surface area contributed by atoms with Crippen molar-refractivity contribution in [3.8, 4) is 17.0 Å². The third-order valence-electron chi connectivity index (χ3n) is 5.22. The molecule has 1 fully saturated rings. The predicted octanol–water partition coefficient (Wildman–Crippen LogP) is 4.70. The summed E-state index contributed by atoms with van der Waals surface area (Å²) < 4.78 is 31.7. The molecule has 0 bridgehead atoms. The van der Waals surface area contributed by atoms with Crippen molar-refractivity contribution < 1.29 is 18.6 Å². The van der Waals surface area contributed by atoms with E-state index in [4.69, 9.17) is 4.74 Å². The highest BCUT2D eigenvalue weighted by atomic mass is 19.3. The van der Waals surface area contributed by atoms with Crippen LogP contribution in [0.5, 0.6) is 5.75 Å². The summed E-state index contributed by atoms with van der Waals surface area (Å²) in [5.41, 5.74) is 0.377. The Kier molecular flexibility index (Phi) is 5.04. The van der Waals surface area contributed by atoms with Crippen molar-refractivity contribution >= 4 is 16.6 Å². The summed E-state index contributed by atoms with van der Waals surface area (Å²) in [7, 11) is 0. The number of aromatic nitrogens is 3. The third-order valence-corrected chi connectivity index (χ3v) is 5.22. The fraction of sp³-hybridized carbons (Fsp3) is 0.381. The molecule has 0 radical (unpaired) electrons. The predicted molar refractivity (Wildman–Crippen MR) is 106 cm³/mol. The lowest BCUT2D eigenvalue weighted by Gasteiger charge is -2.35. The van der Waals surface area contributed by atoms with Gasteiger partial charge in [0.15, 0.2) is 5.82 Å². The normalized spacial score (nSPS) is 18.9. The van der Waals surface area contributed by atoms with Gasteiger partial charge < -0.3 is 15.2 Å². The highest BCUT2D eigenvalue weighted by Gasteiger charge is 2.28. The smallest absolute Gasteiger partial charge is 0.263 e. The lowest BCUT2D eigenvalue weighted by molar-refractivity contribution is -0.0563. The number of nitrogens with one attached hydrogen (secondary N) is 1. The summed E-state index contributed by atoms with van der Waals surface area (Å²) >= 11 is 0. The third kappa shape index (κ3) is 3.98. The Labute approximate surface area is 166 Å². The van der Waals surface area contributed by atoms with Gasteiger partial charge in [-0.05, 0) is 44.9 Å². The van der Waals surface area contributed by atoms with Gasteiger partial charge in [-0.25, -0.2) is 8.78 Å². The van der Waals surface area contributed by atoms with Gasteiger partial charge in [0.2, 0.25) is 0 Å². The van der Waals surface area contributed by atoms with Gasteiger partial charge in [0, 0.05) is 34.3 Å². The number of halogens is 2. The highest BCUT2D eigenvalue weighted by molar-refractivity contribution is 6.00. The second-order valence-corrected chi connectivity index (χ2v) is 7.85. The van der Waals surface area contributed by atoms with Crippen molar-refractivity contribution in [2.24, 2.45) is 0 Å². The molecule has 1 aliphatic rings. The van der Waals surface area contributed by atoms with Crippen LogP contribution in [0.25, 0.3) is 22.0 Å². The summed E-state index contributed by atoms with van der Waals surface area (Å²) in [5, 5.41) is 23.7. The second-order valence-electron chi connectivity index (χ2n) is 7.85. The summed E-state index contributed by atoms with van der Waals surface area (Å²) in [6, 6.07) is 5.64. The van der Waals surface area contributed by atoms with E-state index in [9.17, 15) is 13.9 Å². The van der Waals surface area contributed by atoms with Gasteiger partial charge in [-0.3, -0.25) is 4.98 Å². The van der Waals surface area contributed by atoms with Crippen LogP contribution >= 0.6 is 0 Å². The number of hydrogen-bond acceptors (Lipinski definition) is 6. The van der Waals surface area contributed by atoms with Gasteiger partial charge in [0.1, 0.15) is 11.4 Å². The lowest BCUT2D eigenvalue weighted by atomic mass is 9.95. The van der Waals surface area contributed by atoms with Crippen LogP contribution in [0.15, 0.2) is 36.7 Å². The number of hydrogen-bond donors (Lipinski definition) is 2. The number of alkyl halides is 2. The van der Waals surface area contributed by atoms with E-state index in [-0.39, 0.29) is 23.0 Å². The van der Waals surface area contributed by atoms with E-state index in [1.807, 2.05) is 0 Å². The van der Waals surface area contributed by atoms with Gasteiger partial charge in [-0.2, -0.15) is 0 Å².